The lowest BCUT2D eigenvalue weighted by atomic mass is 10.2. The summed E-state index contributed by atoms with van der Waals surface area (Å²) in [5.41, 5.74) is 1.75. The fraction of sp³-hybridized carbons (Fsp3) is 0.0588. The van der Waals surface area contributed by atoms with Gasteiger partial charge in [0.15, 0.2) is 10.6 Å². The normalized spacial score (nSPS) is 10.8. The van der Waals surface area contributed by atoms with Crippen LogP contribution < -0.4 is 5.32 Å². The molecule has 9 heteroatoms. The summed E-state index contributed by atoms with van der Waals surface area (Å²) in [5, 5.41) is 14.7. The van der Waals surface area contributed by atoms with Crippen molar-refractivity contribution >= 4 is 46.5 Å². The van der Waals surface area contributed by atoms with E-state index in [2.05, 4.69) is 20.5 Å². The highest BCUT2D eigenvalue weighted by Gasteiger charge is 2.13. The number of carbonyl (C=O) groups excluding carboxylic acids is 1. The second-order valence-electron chi connectivity index (χ2n) is 5.38. The van der Waals surface area contributed by atoms with E-state index in [0.29, 0.717) is 10.6 Å². The minimum atomic E-state index is -0.165. The summed E-state index contributed by atoms with van der Waals surface area (Å²) in [5.74, 6) is 0.501. The van der Waals surface area contributed by atoms with Gasteiger partial charge in [-0.3, -0.25) is 14.5 Å². The van der Waals surface area contributed by atoms with Gasteiger partial charge in [-0.05, 0) is 47.9 Å². The van der Waals surface area contributed by atoms with Gasteiger partial charge in [0.2, 0.25) is 5.91 Å². The molecule has 1 amide bonds. The van der Waals surface area contributed by atoms with E-state index in [9.17, 15) is 4.79 Å². The molecule has 4 aromatic rings. The van der Waals surface area contributed by atoms with Gasteiger partial charge in [-0.2, -0.15) is 5.10 Å². The van der Waals surface area contributed by atoms with Crippen LogP contribution in [-0.4, -0.2) is 25.7 Å². The first kappa shape index (κ1) is 16.8. The number of thiophene rings is 1. The Labute approximate surface area is 162 Å². The summed E-state index contributed by atoms with van der Waals surface area (Å²) in [4.78, 5) is 17.7. The standard InChI is InChI=1S/C17H13N5OS3/c23-14(10-22-15(20-21-17(22)24)13-2-1-8-25-13)19-12-5-3-11(4-6-12)16-18-7-9-26-16/h1-9H,10H2,(H,19,23)(H,21,24). The number of carbonyl (C=O) groups is 1. The quantitative estimate of drug-likeness (QED) is 0.487. The Morgan fingerprint density at radius 2 is 2.04 bits per heavy atom. The highest BCUT2D eigenvalue weighted by Crippen LogP contribution is 2.24. The number of hydrogen-bond donors (Lipinski definition) is 2. The molecule has 3 aromatic heterocycles. The largest absolute Gasteiger partial charge is 0.325 e. The van der Waals surface area contributed by atoms with E-state index >= 15 is 0 Å². The number of amides is 1. The van der Waals surface area contributed by atoms with Crippen molar-refractivity contribution in [2.45, 2.75) is 6.54 Å². The molecule has 0 unspecified atom stereocenters. The molecule has 0 aliphatic rings. The topological polar surface area (TPSA) is 75.6 Å². The Morgan fingerprint density at radius 1 is 1.19 bits per heavy atom. The number of anilines is 1. The molecule has 0 bridgehead atoms. The Bertz CT molecular complexity index is 1060. The lowest BCUT2D eigenvalue weighted by molar-refractivity contribution is -0.116. The summed E-state index contributed by atoms with van der Waals surface area (Å²) in [6.45, 7) is 0.0940. The molecule has 0 fully saturated rings. The first-order valence-electron chi connectivity index (χ1n) is 7.69. The van der Waals surface area contributed by atoms with Crippen LogP contribution in [-0.2, 0) is 11.3 Å². The predicted octanol–water partition coefficient (Wildman–Crippen LogP) is 4.43. The van der Waals surface area contributed by atoms with Crippen LogP contribution in [0.4, 0.5) is 5.69 Å². The van der Waals surface area contributed by atoms with Crippen molar-refractivity contribution in [3.05, 3.63) is 58.1 Å². The molecule has 26 heavy (non-hydrogen) atoms. The van der Waals surface area contributed by atoms with E-state index in [0.717, 1.165) is 21.1 Å². The molecule has 2 N–H and O–H groups in total. The average Bonchev–Trinajstić information content (AvgIpc) is 3.39. The number of nitrogens with zero attached hydrogens (tertiary/aromatic N) is 3. The van der Waals surface area contributed by atoms with Crippen LogP contribution in [0.2, 0.25) is 0 Å². The van der Waals surface area contributed by atoms with E-state index in [4.69, 9.17) is 12.2 Å². The van der Waals surface area contributed by atoms with Crippen LogP contribution in [0.25, 0.3) is 21.3 Å². The van der Waals surface area contributed by atoms with Gasteiger partial charge in [-0.1, -0.05) is 6.07 Å². The van der Waals surface area contributed by atoms with E-state index in [-0.39, 0.29) is 12.5 Å². The molecule has 0 radical (unpaired) electrons. The molecule has 0 saturated carbocycles. The highest BCUT2D eigenvalue weighted by atomic mass is 32.1. The third kappa shape index (κ3) is 3.50. The van der Waals surface area contributed by atoms with Crippen LogP contribution in [0.15, 0.2) is 53.4 Å². The molecule has 6 nitrogen and oxygen atoms in total. The van der Waals surface area contributed by atoms with Gasteiger partial charge in [0.25, 0.3) is 0 Å². The summed E-state index contributed by atoms with van der Waals surface area (Å²) in [6, 6.07) is 11.5. The van der Waals surface area contributed by atoms with E-state index in [1.807, 2.05) is 47.2 Å². The minimum absolute atomic E-state index is 0.0940. The van der Waals surface area contributed by atoms with Crippen molar-refractivity contribution in [1.29, 1.82) is 0 Å². The lowest BCUT2D eigenvalue weighted by Gasteiger charge is -2.08. The van der Waals surface area contributed by atoms with E-state index in [1.165, 1.54) is 0 Å². The Hall–Kier alpha value is -2.62. The number of rotatable bonds is 5. The third-order valence-electron chi connectivity index (χ3n) is 3.65. The van der Waals surface area contributed by atoms with Gasteiger partial charge in [0.05, 0.1) is 4.88 Å². The third-order valence-corrected chi connectivity index (χ3v) is 5.65. The second kappa shape index (κ2) is 7.32. The smallest absolute Gasteiger partial charge is 0.244 e. The van der Waals surface area contributed by atoms with Crippen molar-refractivity contribution in [3.8, 4) is 21.3 Å². The zero-order valence-electron chi connectivity index (χ0n) is 13.4. The van der Waals surface area contributed by atoms with Crippen LogP contribution in [0.3, 0.4) is 0 Å². The molecular formula is C17H13N5OS3. The zero-order valence-corrected chi connectivity index (χ0v) is 15.8. The van der Waals surface area contributed by atoms with Gasteiger partial charge in [0.1, 0.15) is 11.6 Å². The van der Waals surface area contributed by atoms with Gasteiger partial charge in [-0.25, -0.2) is 4.98 Å². The number of aromatic amines is 1. The zero-order chi connectivity index (χ0) is 17.9. The predicted molar refractivity (Wildman–Crippen MR) is 107 cm³/mol. The van der Waals surface area contributed by atoms with Gasteiger partial charge < -0.3 is 5.32 Å². The van der Waals surface area contributed by atoms with Crippen molar-refractivity contribution in [2.75, 3.05) is 5.32 Å². The molecule has 0 aliphatic carbocycles. The van der Waals surface area contributed by atoms with Crippen LogP contribution in [0.5, 0.6) is 0 Å². The molecule has 3 heterocycles. The molecular weight excluding hydrogens is 386 g/mol. The summed E-state index contributed by atoms with van der Waals surface area (Å²) in [6.07, 6.45) is 1.77. The number of nitrogens with one attached hydrogen (secondary N) is 2. The van der Waals surface area contributed by atoms with E-state index in [1.54, 1.807) is 33.4 Å². The fourth-order valence-corrected chi connectivity index (χ4v) is 4.03. The number of benzene rings is 1. The maximum Gasteiger partial charge on any atom is 0.244 e. The van der Waals surface area contributed by atoms with Gasteiger partial charge >= 0.3 is 0 Å². The van der Waals surface area contributed by atoms with Crippen molar-refractivity contribution in [1.82, 2.24) is 19.7 Å². The number of thiazole rings is 1. The maximum absolute atomic E-state index is 12.4. The Kier molecular flexibility index (Phi) is 4.74. The number of aromatic nitrogens is 4. The lowest BCUT2D eigenvalue weighted by Crippen LogP contribution is -2.19. The van der Waals surface area contributed by atoms with Crippen LogP contribution in [0, 0.1) is 4.77 Å². The second-order valence-corrected chi connectivity index (χ2v) is 7.61. The van der Waals surface area contributed by atoms with Crippen LogP contribution in [0.1, 0.15) is 0 Å². The molecule has 4 rings (SSSR count). The van der Waals surface area contributed by atoms with Gasteiger partial charge in [-0.15, -0.1) is 22.7 Å². The Balaban J connectivity index is 1.48. The minimum Gasteiger partial charge on any atom is -0.325 e. The summed E-state index contributed by atoms with van der Waals surface area (Å²) in [7, 11) is 0. The molecule has 0 atom stereocenters. The summed E-state index contributed by atoms with van der Waals surface area (Å²) >= 11 is 8.38. The van der Waals surface area contributed by atoms with Crippen LogP contribution >= 0.6 is 34.9 Å². The molecule has 0 spiro atoms. The Morgan fingerprint density at radius 3 is 2.73 bits per heavy atom. The first-order chi connectivity index (χ1) is 12.7. The highest BCUT2D eigenvalue weighted by molar-refractivity contribution is 7.71. The average molecular weight is 400 g/mol. The monoisotopic (exact) mass is 399 g/mol. The van der Waals surface area contributed by atoms with Gasteiger partial charge in [0, 0.05) is 22.8 Å². The van der Waals surface area contributed by atoms with E-state index < -0.39 is 0 Å². The first-order valence-corrected chi connectivity index (χ1v) is 9.86. The summed E-state index contributed by atoms with van der Waals surface area (Å²) < 4.78 is 2.11. The maximum atomic E-state index is 12.4. The number of hydrogen-bond acceptors (Lipinski definition) is 6. The molecule has 130 valence electrons. The fourth-order valence-electron chi connectivity index (χ4n) is 2.46. The molecule has 0 aliphatic heterocycles. The van der Waals surface area contributed by atoms with Crippen molar-refractivity contribution < 1.29 is 4.79 Å². The SMILES string of the molecule is O=C(Cn1c(-c2cccs2)n[nH]c1=S)Nc1ccc(-c2nccs2)cc1. The molecule has 0 saturated heterocycles. The van der Waals surface area contributed by atoms with Crippen molar-refractivity contribution in [2.24, 2.45) is 0 Å². The molecule has 1 aromatic carbocycles. The van der Waals surface area contributed by atoms with Crippen molar-refractivity contribution in [3.63, 3.8) is 0 Å². The number of H-pyrrole nitrogens is 1.